The first-order chi connectivity index (χ1) is 21.6. The molecule has 0 aliphatic carbocycles. The van der Waals surface area contributed by atoms with Crippen molar-refractivity contribution in [2.24, 2.45) is 7.05 Å². The van der Waals surface area contributed by atoms with Gasteiger partial charge in [0.05, 0.1) is 24.4 Å². The number of nitrogens with one attached hydrogen (secondary N) is 1. The fourth-order valence-electron chi connectivity index (χ4n) is 5.59. The lowest BCUT2D eigenvalue weighted by Crippen LogP contribution is -2.40. The largest absolute Gasteiger partial charge is 0.493 e. The molecule has 0 radical (unpaired) electrons. The highest BCUT2D eigenvalue weighted by Gasteiger charge is 2.37. The number of aromatic amines is 1. The van der Waals surface area contributed by atoms with Crippen LogP contribution in [0.1, 0.15) is 75.4 Å². The zero-order valence-electron chi connectivity index (χ0n) is 29.1. The predicted molar refractivity (Wildman–Crippen MR) is 190 cm³/mol. The number of carbonyl (C=O) groups is 1. The molecular weight excluding hydrogens is 591 g/mol. The molecule has 0 amide bonds. The van der Waals surface area contributed by atoms with E-state index in [2.05, 4.69) is 82.2 Å². The Morgan fingerprint density at radius 3 is 2.33 bits per heavy atom. The highest BCUT2D eigenvalue weighted by atomic mass is 28.4. The third kappa shape index (κ3) is 6.93. The third-order valence-corrected chi connectivity index (χ3v) is 13.7. The number of para-hydroxylation sites is 1. The number of hydrogen-bond acceptors (Lipinski definition) is 5. The van der Waals surface area contributed by atoms with Crippen LogP contribution < -0.4 is 4.74 Å². The van der Waals surface area contributed by atoms with Gasteiger partial charge in [-0.25, -0.2) is 4.79 Å². The zero-order chi connectivity index (χ0) is 33.4. The van der Waals surface area contributed by atoms with Crippen molar-refractivity contribution in [2.75, 3.05) is 6.61 Å². The summed E-state index contributed by atoms with van der Waals surface area (Å²) >= 11 is 0. The number of fused-ring (bicyclic) bond motifs is 2. The van der Waals surface area contributed by atoms with Crippen LogP contribution in [0.3, 0.4) is 0 Å². The number of carbonyl (C=O) groups excluding carboxylic acids is 1. The number of esters is 1. The fourth-order valence-corrected chi connectivity index (χ4v) is 6.52. The molecule has 3 aromatic carbocycles. The first kappa shape index (κ1) is 33.5. The van der Waals surface area contributed by atoms with Gasteiger partial charge < -0.3 is 18.9 Å². The van der Waals surface area contributed by atoms with Crippen LogP contribution in [0.25, 0.3) is 32.8 Å². The summed E-state index contributed by atoms with van der Waals surface area (Å²) in [6.45, 7) is 20.0. The van der Waals surface area contributed by atoms with E-state index in [0.29, 0.717) is 25.3 Å². The number of aryl methyl sites for hydroxylation is 2. The van der Waals surface area contributed by atoms with E-state index < -0.39 is 13.9 Å². The van der Waals surface area contributed by atoms with Gasteiger partial charge in [-0.05, 0) is 75.7 Å². The van der Waals surface area contributed by atoms with Crippen molar-refractivity contribution in [2.45, 2.75) is 91.6 Å². The maximum atomic E-state index is 13.6. The molecule has 0 bridgehead atoms. The van der Waals surface area contributed by atoms with Gasteiger partial charge >= 0.3 is 5.97 Å². The molecule has 0 fully saturated rings. The number of hydrogen-bond donors (Lipinski definition) is 1. The molecule has 5 aromatic rings. The minimum absolute atomic E-state index is 0.0883. The van der Waals surface area contributed by atoms with Gasteiger partial charge in [-0.2, -0.15) is 5.10 Å². The van der Waals surface area contributed by atoms with Crippen molar-refractivity contribution in [3.05, 3.63) is 83.3 Å². The number of H-pyrrole nitrogens is 1. The Morgan fingerprint density at radius 1 is 0.935 bits per heavy atom. The summed E-state index contributed by atoms with van der Waals surface area (Å²) in [5.74, 6) is 0.509. The lowest BCUT2D eigenvalue weighted by Gasteiger charge is -2.36. The van der Waals surface area contributed by atoms with E-state index in [1.807, 2.05) is 56.8 Å². The number of nitrogens with zero attached hydrogens (tertiary/aromatic N) is 2. The molecule has 2 heterocycles. The summed E-state index contributed by atoms with van der Waals surface area (Å²) in [5, 5.41) is 8.23. The molecule has 2 aromatic heterocycles. The van der Waals surface area contributed by atoms with Crippen molar-refractivity contribution < 1.29 is 18.7 Å². The SMILES string of the molecule is Cc1c(-c2cccc3c(CCCOc4cccc5ccccc45)c(C(=O)OC(C)(C)C)[nH]c23)c(CO[Si](C)(C)C(C)(C)C)nn1C. The highest BCUT2D eigenvalue weighted by Crippen LogP contribution is 2.40. The topological polar surface area (TPSA) is 78.4 Å². The van der Waals surface area contributed by atoms with Crippen molar-refractivity contribution in [1.82, 2.24) is 14.8 Å². The van der Waals surface area contributed by atoms with Gasteiger partial charge in [-0.1, -0.05) is 75.4 Å². The molecule has 0 unspecified atom stereocenters. The maximum Gasteiger partial charge on any atom is 0.355 e. The molecule has 46 heavy (non-hydrogen) atoms. The fraction of sp³-hybridized carbons (Fsp3) is 0.421. The van der Waals surface area contributed by atoms with Crippen LogP contribution >= 0.6 is 0 Å². The number of aromatic nitrogens is 3. The molecule has 0 aliphatic rings. The highest BCUT2D eigenvalue weighted by molar-refractivity contribution is 6.74. The van der Waals surface area contributed by atoms with Gasteiger partial charge in [0, 0.05) is 34.6 Å². The second kappa shape index (κ2) is 12.7. The van der Waals surface area contributed by atoms with E-state index >= 15 is 0 Å². The average molecular weight is 640 g/mol. The van der Waals surface area contributed by atoms with Crippen LogP contribution in [0.4, 0.5) is 0 Å². The lowest BCUT2D eigenvalue weighted by molar-refractivity contribution is 0.00625. The van der Waals surface area contributed by atoms with Gasteiger partial charge in [0.2, 0.25) is 0 Å². The quantitative estimate of drug-likeness (QED) is 0.0935. The molecule has 0 aliphatic heterocycles. The Kier molecular flexibility index (Phi) is 9.26. The Labute approximate surface area is 274 Å². The van der Waals surface area contributed by atoms with Crippen LogP contribution in [-0.2, 0) is 29.2 Å². The van der Waals surface area contributed by atoms with E-state index in [0.717, 1.165) is 61.9 Å². The van der Waals surface area contributed by atoms with Crippen molar-refractivity contribution in [1.29, 1.82) is 0 Å². The first-order valence-electron chi connectivity index (χ1n) is 16.2. The van der Waals surface area contributed by atoms with Crippen molar-refractivity contribution in [3.8, 4) is 16.9 Å². The van der Waals surface area contributed by atoms with E-state index in [1.54, 1.807) is 0 Å². The second-order valence-corrected chi connectivity index (χ2v) is 19.5. The molecule has 1 N–H and O–H groups in total. The Bertz CT molecular complexity index is 1870. The summed E-state index contributed by atoms with van der Waals surface area (Å²) in [4.78, 5) is 17.1. The predicted octanol–water partition coefficient (Wildman–Crippen LogP) is 9.52. The summed E-state index contributed by atoms with van der Waals surface area (Å²) in [6, 6.07) is 20.6. The van der Waals surface area contributed by atoms with Gasteiger partial charge in [-0.3, -0.25) is 4.68 Å². The molecule has 0 saturated carbocycles. The van der Waals surface area contributed by atoms with E-state index in [4.69, 9.17) is 19.0 Å². The first-order valence-corrected chi connectivity index (χ1v) is 19.1. The minimum Gasteiger partial charge on any atom is -0.493 e. The zero-order valence-corrected chi connectivity index (χ0v) is 30.1. The maximum absolute atomic E-state index is 13.6. The average Bonchev–Trinajstić information content (AvgIpc) is 3.49. The smallest absolute Gasteiger partial charge is 0.355 e. The molecule has 0 spiro atoms. The summed E-state index contributed by atoms with van der Waals surface area (Å²) in [5.41, 5.74) is 5.68. The summed E-state index contributed by atoms with van der Waals surface area (Å²) in [7, 11) is -0.0355. The van der Waals surface area contributed by atoms with E-state index in [9.17, 15) is 4.79 Å². The molecule has 5 rings (SSSR count). The third-order valence-electron chi connectivity index (χ3n) is 9.17. The second-order valence-electron chi connectivity index (χ2n) is 14.7. The van der Waals surface area contributed by atoms with E-state index in [-0.39, 0.29) is 11.0 Å². The summed E-state index contributed by atoms with van der Waals surface area (Å²) in [6.07, 6.45) is 1.38. The number of benzene rings is 3. The number of ether oxygens (including phenoxy) is 2. The van der Waals surface area contributed by atoms with Crippen LogP contribution in [0.15, 0.2) is 60.7 Å². The summed E-state index contributed by atoms with van der Waals surface area (Å²) < 4.78 is 20.7. The van der Waals surface area contributed by atoms with E-state index in [1.165, 1.54) is 0 Å². The standard InChI is InChI=1S/C38H49N3O4Si/c1-25-33(31(40-41(25)8)24-44-46(9,10)38(5,6)7)30-20-14-19-28-29(35(39-34(28)30)36(42)45-37(2,3)4)21-15-23-43-32-22-13-17-26-16-11-12-18-27(26)32/h11-14,16-20,22,39H,15,21,23-24H2,1-10H3. The van der Waals surface area contributed by atoms with Crippen LogP contribution in [-0.4, -0.2) is 41.3 Å². The van der Waals surface area contributed by atoms with Crippen LogP contribution in [0.2, 0.25) is 18.1 Å². The van der Waals surface area contributed by atoms with Gasteiger partial charge in [0.1, 0.15) is 17.0 Å². The van der Waals surface area contributed by atoms with Crippen LogP contribution in [0, 0.1) is 6.92 Å². The Morgan fingerprint density at radius 2 is 1.61 bits per heavy atom. The molecule has 244 valence electrons. The van der Waals surface area contributed by atoms with Crippen LogP contribution in [0.5, 0.6) is 5.75 Å². The van der Waals surface area contributed by atoms with Crippen molar-refractivity contribution >= 4 is 36.0 Å². The Hall–Kier alpha value is -3.88. The molecule has 7 nitrogen and oxygen atoms in total. The Balaban J connectivity index is 1.50. The molecular formula is C38H49N3O4Si. The number of rotatable bonds is 10. The monoisotopic (exact) mass is 639 g/mol. The molecule has 0 atom stereocenters. The van der Waals surface area contributed by atoms with Crippen molar-refractivity contribution in [3.63, 3.8) is 0 Å². The van der Waals surface area contributed by atoms with Gasteiger partial charge in [0.25, 0.3) is 0 Å². The van der Waals surface area contributed by atoms with Gasteiger partial charge in [0.15, 0.2) is 8.32 Å². The lowest BCUT2D eigenvalue weighted by atomic mass is 9.98. The molecule has 0 saturated heterocycles. The minimum atomic E-state index is -2.00. The molecule has 8 heteroatoms. The van der Waals surface area contributed by atoms with Gasteiger partial charge in [-0.15, -0.1) is 0 Å². The normalized spacial score (nSPS) is 12.7.